The molecule has 162 valence electrons. The molecule has 6 nitrogen and oxygen atoms in total. The number of fused-ring (bicyclic) bond motifs is 1. The molecule has 1 aromatic heterocycles. The molecule has 2 aromatic carbocycles. The van der Waals surface area contributed by atoms with Crippen molar-refractivity contribution in [1.82, 2.24) is 9.29 Å². The van der Waals surface area contributed by atoms with Crippen LogP contribution in [0.15, 0.2) is 78.7 Å². The minimum Gasteiger partial charge on any atom is -0.494 e. The lowest BCUT2D eigenvalue weighted by Crippen LogP contribution is -2.31. The Hall–Kier alpha value is -3.16. The molecule has 0 fully saturated rings. The number of hydrogen-bond acceptors (Lipinski definition) is 5. The quantitative estimate of drug-likeness (QED) is 0.450. The second-order valence-electron chi connectivity index (χ2n) is 6.97. The van der Waals surface area contributed by atoms with Gasteiger partial charge in [-0.2, -0.15) is 4.31 Å². The number of aryl methyl sites for hydroxylation is 1. The van der Waals surface area contributed by atoms with Gasteiger partial charge in [-0.05, 0) is 62.4 Å². The van der Waals surface area contributed by atoms with E-state index in [1.165, 1.54) is 4.31 Å². The zero-order valence-corrected chi connectivity index (χ0v) is 18.7. The highest BCUT2D eigenvalue weighted by molar-refractivity contribution is 7.89. The van der Waals surface area contributed by atoms with Crippen molar-refractivity contribution in [3.8, 4) is 5.75 Å². The lowest BCUT2D eigenvalue weighted by Gasteiger charge is -2.19. The largest absolute Gasteiger partial charge is 0.494 e. The van der Waals surface area contributed by atoms with E-state index in [0.29, 0.717) is 6.61 Å². The molecular weight excluding hydrogens is 410 g/mol. The lowest BCUT2D eigenvalue weighted by atomic mass is 10.1. The molecule has 0 saturated carbocycles. The van der Waals surface area contributed by atoms with E-state index >= 15 is 0 Å². The Bertz CT molecular complexity index is 1180. The number of hydrogen-bond donors (Lipinski definition) is 1. The van der Waals surface area contributed by atoms with Crippen molar-refractivity contribution in [2.45, 2.75) is 18.7 Å². The fourth-order valence-electron chi connectivity index (χ4n) is 3.27. The van der Waals surface area contributed by atoms with Gasteiger partial charge < -0.3 is 10.1 Å². The van der Waals surface area contributed by atoms with E-state index in [1.807, 2.05) is 38.1 Å². The maximum Gasteiger partial charge on any atom is 0.243 e. The topological polar surface area (TPSA) is 71.5 Å². The smallest absolute Gasteiger partial charge is 0.243 e. The summed E-state index contributed by atoms with van der Waals surface area (Å²) in [7, 11) is -3.63. The van der Waals surface area contributed by atoms with Crippen molar-refractivity contribution < 1.29 is 13.2 Å². The fraction of sp³-hybridized carbons (Fsp3) is 0.208. The zero-order chi connectivity index (χ0) is 22.4. The molecule has 0 atom stereocenters. The number of sulfonamides is 1. The molecule has 3 aromatic rings. The minimum atomic E-state index is -3.63. The highest BCUT2D eigenvalue weighted by Crippen LogP contribution is 2.30. The number of pyridine rings is 1. The van der Waals surface area contributed by atoms with E-state index in [4.69, 9.17) is 4.74 Å². The van der Waals surface area contributed by atoms with E-state index < -0.39 is 10.0 Å². The summed E-state index contributed by atoms with van der Waals surface area (Å²) in [5.74, 6) is 0.773. The molecule has 31 heavy (non-hydrogen) atoms. The lowest BCUT2D eigenvalue weighted by molar-refractivity contribution is 0.340. The third-order valence-corrected chi connectivity index (χ3v) is 6.50. The van der Waals surface area contributed by atoms with Crippen LogP contribution in [0.25, 0.3) is 10.9 Å². The number of rotatable bonds is 10. The Labute approximate surface area is 183 Å². The molecule has 0 spiro atoms. The van der Waals surface area contributed by atoms with Crippen LogP contribution in [0.2, 0.25) is 0 Å². The van der Waals surface area contributed by atoms with Crippen molar-refractivity contribution in [2.75, 3.05) is 25.0 Å². The van der Waals surface area contributed by atoms with Gasteiger partial charge in [0.25, 0.3) is 0 Å². The van der Waals surface area contributed by atoms with Gasteiger partial charge in [-0.15, -0.1) is 13.2 Å². The SMILES string of the molecule is C=CCN(CC=C)S(=O)(=O)c1ccc(Nc2cc(C)nc3ccc(OCC)cc23)cc1. The van der Waals surface area contributed by atoms with Crippen LogP contribution in [0.1, 0.15) is 12.6 Å². The number of ether oxygens (including phenoxy) is 1. The first kappa shape index (κ1) is 22.5. The first-order valence-corrected chi connectivity index (χ1v) is 11.5. The fourth-order valence-corrected chi connectivity index (χ4v) is 4.65. The molecule has 0 saturated heterocycles. The van der Waals surface area contributed by atoms with Crippen molar-refractivity contribution in [2.24, 2.45) is 0 Å². The van der Waals surface area contributed by atoms with Crippen LogP contribution in [-0.4, -0.2) is 37.4 Å². The maximum absolute atomic E-state index is 12.9. The third kappa shape index (κ3) is 5.13. The van der Waals surface area contributed by atoms with Gasteiger partial charge in [-0.1, -0.05) is 12.2 Å². The molecule has 3 rings (SSSR count). The summed E-state index contributed by atoms with van der Waals surface area (Å²) in [6, 6.07) is 14.4. The van der Waals surface area contributed by atoms with Gasteiger partial charge in [0.1, 0.15) is 5.75 Å². The Balaban J connectivity index is 1.92. The predicted molar refractivity (Wildman–Crippen MR) is 127 cm³/mol. The molecule has 0 bridgehead atoms. The summed E-state index contributed by atoms with van der Waals surface area (Å²) in [5.41, 5.74) is 3.38. The van der Waals surface area contributed by atoms with Gasteiger partial charge in [-0.25, -0.2) is 8.42 Å². The molecule has 0 radical (unpaired) electrons. The highest BCUT2D eigenvalue weighted by atomic mass is 32.2. The second-order valence-corrected chi connectivity index (χ2v) is 8.91. The molecule has 0 aliphatic carbocycles. The van der Waals surface area contributed by atoms with Crippen molar-refractivity contribution in [3.05, 3.63) is 79.5 Å². The normalized spacial score (nSPS) is 11.5. The Morgan fingerprint density at radius 3 is 2.35 bits per heavy atom. The molecule has 0 aliphatic heterocycles. The monoisotopic (exact) mass is 437 g/mol. The number of nitrogens with zero attached hydrogens (tertiary/aromatic N) is 2. The summed E-state index contributed by atoms with van der Waals surface area (Å²) in [5, 5.41) is 4.31. The van der Waals surface area contributed by atoms with Crippen LogP contribution >= 0.6 is 0 Å². The van der Waals surface area contributed by atoms with Gasteiger partial charge in [0.05, 0.1) is 17.0 Å². The van der Waals surface area contributed by atoms with Gasteiger partial charge in [0.15, 0.2) is 0 Å². The molecule has 0 amide bonds. The van der Waals surface area contributed by atoms with Crippen LogP contribution < -0.4 is 10.1 Å². The number of nitrogens with one attached hydrogen (secondary N) is 1. The van der Waals surface area contributed by atoms with Crippen LogP contribution in [0.3, 0.4) is 0 Å². The number of anilines is 2. The van der Waals surface area contributed by atoms with E-state index in [-0.39, 0.29) is 18.0 Å². The van der Waals surface area contributed by atoms with Crippen LogP contribution in [0.5, 0.6) is 5.75 Å². The van der Waals surface area contributed by atoms with Gasteiger partial charge in [0, 0.05) is 35.5 Å². The second kappa shape index (κ2) is 9.76. The molecule has 0 aliphatic rings. The molecule has 0 unspecified atom stereocenters. The van der Waals surface area contributed by atoms with E-state index in [9.17, 15) is 8.42 Å². The van der Waals surface area contributed by atoms with Gasteiger partial charge in [0.2, 0.25) is 10.0 Å². The highest BCUT2D eigenvalue weighted by Gasteiger charge is 2.22. The van der Waals surface area contributed by atoms with Crippen molar-refractivity contribution in [1.29, 1.82) is 0 Å². The maximum atomic E-state index is 12.9. The summed E-state index contributed by atoms with van der Waals surface area (Å²) < 4.78 is 32.7. The predicted octanol–water partition coefficient (Wildman–Crippen LogP) is 5.05. The van der Waals surface area contributed by atoms with Crippen LogP contribution in [0.4, 0.5) is 11.4 Å². The van der Waals surface area contributed by atoms with Crippen molar-refractivity contribution in [3.63, 3.8) is 0 Å². The molecule has 1 heterocycles. The van der Waals surface area contributed by atoms with Gasteiger partial charge >= 0.3 is 0 Å². The minimum absolute atomic E-state index is 0.219. The zero-order valence-electron chi connectivity index (χ0n) is 17.8. The Kier molecular flexibility index (Phi) is 7.09. The van der Waals surface area contributed by atoms with Gasteiger partial charge in [-0.3, -0.25) is 4.98 Å². The third-order valence-electron chi connectivity index (χ3n) is 4.66. The first-order valence-electron chi connectivity index (χ1n) is 10.0. The molecule has 7 heteroatoms. The van der Waals surface area contributed by atoms with Crippen molar-refractivity contribution >= 4 is 32.3 Å². The molecule has 1 N–H and O–H groups in total. The summed E-state index contributed by atoms with van der Waals surface area (Å²) in [6.07, 6.45) is 3.12. The Morgan fingerprint density at radius 2 is 1.74 bits per heavy atom. The van der Waals surface area contributed by atoms with Crippen LogP contribution in [-0.2, 0) is 10.0 Å². The standard InChI is InChI=1S/C24H27N3O3S/c1-5-14-27(15-6-2)31(28,29)21-11-8-19(9-12-21)26-24-16-18(4)25-23-13-10-20(30-7-3)17-22(23)24/h5-6,8-13,16-17H,1-2,7,14-15H2,3-4H3,(H,25,26). The molecular formula is C24H27N3O3S. The summed E-state index contributed by atoms with van der Waals surface area (Å²) >= 11 is 0. The summed E-state index contributed by atoms with van der Waals surface area (Å²) in [6.45, 7) is 12.2. The summed E-state index contributed by atoms with van der Waals surface area (Å²) in [4.78, 5) is 4.80. The van der Waals surface area contributed by atoms with E-state index in [0.717, 1.165) is 33.7 Å². The average molecular weight is 438 g/mol. The van der Waals surface area contributed by atoms with Crippen LogP contribution in [0, 0.1) is 6.92 Å². The van der Waals surface area contributed by atoms with E-state index in [1.54, 1.807) is 36.4 Å². The number of aromatic nitrogens is 1. The average Bonchev–Trinajstić information content (AvgIpc) is 2.74. The Morgan fingerprint density at radius 1 is 1.06 bits per heavy atom. The van der Waals surface area contributed by atoms with E-state index in [2.05, 4.69) is 23.5 Å². The first-order chi connectivity index (χ1) is 14.9. The number of benzene rings is 2.